The molecule has 1 unspecified atom stereocenters. The number of fused-ring (bicyclic) bond motifs is 1. The van der Waals surface area contributed by atoms with Crippen molar-refractivity contribution in [3.8, 4) is 0 Å². The molecule has 1 aliphatic carbocycles. The molecule has 1 aliphatic rings. The number of carbonyl (C=O) groups is 1. The Hall–Kier alpha value is -1.04. The fraction of sp³-hybridized carbons (Fsp3) is 0.583. The highest BCUT2D eigenvalue weighted by Crippen LogP contribution is 2.43. The molecule has 0 radical (unpaired) electrons. The zero-order chi connectivity index (χ0) is 13.3. The van der Waals surface area contributed by atoms with Gasteiger partial charge in [0.05, 0.1) is 12.3 Å². The normalized spacial score (nSPS) is 17.3. The van der Waals surface area contributed by atoms with Gasteiger partial charge in [-0.15, -0.1) is 11.3 Å². The SMILES string of the molecule is O=C(O)CC(c1csc2c1CCCC2)C(F)(F)F. The Morgan fingerprint density at radius 1 is 1.39 bits per heavy atom. The summed E-state index contributed by atoms with van der Waals surface area (Å²) in [5.41, 5.74) is 0.930. The molecule has 0 spiro atoms. The molecule has 1 aromatic heterocycles. The first-order valence-electron chi connectivity index (χ1n) is 5.77. The van der Waals surface area contributed by atoms with Gasteiger partial charge >= 0.3 is 12.1 Å². The Labute approximate surface area is 106 Å². The van der Waals surface area contributed by atoms with Crippen LogP contribution in [0.15, 0.2) is 5.38 Å². The third kappa shape index (κ3) is 2.68. The Kier molecular flexibility index (Phi) is 3.66. The maximum Gasteiger partial charge on any atom is 0.396 e. The minimum atomic E-state index is -4.50. The van der Waals surface area contributed by atoms with Crippen molar-refractivity contribution < 1.29 is 23.1 Å². The van der Waals surface area contributed by atoms with Crippen LogP contribution in [0.1, 0.15) is 41.2 Å². The van der Waals surface area contributed by atoms with E-state index in [0.717, 1.165) is 29.7 Å². The summed E-state index contributed by atoms with van der Waals surface area (Å²) in [5.74, 6) is -3.28. The van der Waals surface area contributed by atoms with Crippen molar-refractivity contribution in [3.63, 3.8) is 0 Å². The van der Waals surface area contributed by atoms with Crippen molar-refractivity contribution >= 4 is 17.3 Å². The predicted molar refractivity (Wildman–Crippen MR) is 62.0 cm³/mol. The molecule has 2 rings (SSSR count). The Bertz CT molecular complexity index is 451. The molecule has 0 bridgehead atoms. The minimum absolute atomic E-state index is 0.185. The van der Waals surface area contributed by atoms with E-state index in [-0.39, 0.29) is 5.56 Å². The number of thiophene rings is 1. The Morgan fingerprint density at radius 2 is 2.06 bits per heavy atom. The number of aryl methyl sites for hydroxylation is 1. The van der Waals surface area contributed by atoms with Crippen molar-refractivity contribution in [2.75, 3.05) is 0 Å². The van der Waals surface area contributed by atoms with E-state index in [9.17, 15) is 18.0 Å². The maximum absolute atomic E-state index is 13.0. The Morgan fingerprint density at radius 3 is 2.67 bits per heavy atom. The molecule has 0 fully saturated rings. The first-order valence-corrected chi connectivity index (χ1v) is 6.65. The van der Waals surface area contributed by atoms with Crippen molar-refractivity contribution in [2.45, 2.75) is 44.2 Å². The van der Waals surface area contributed by atoms with Crippen LogP contribution in [0.5, 0.6) is 0 Å². The van der Waals surface area contributed by atoms with Gasteiger partial charge < -0.3 is 5.11 Å². The van der Waals surface area contributed by atoms with Crippen LogP contribution in [0, 0.1) is 0 Å². The number of hydrogen-bond acceptors (Lipinski definition) is 2. The third-order valence-corrected chi connectivity index (χ3v) is 4.35. The molecule has 0 saturated carbocycles. The summed E-state index contributed by atoms with van der Waals surface area (Å²) in [7, 11) is 0. The molecule has 1 heterocycles. The van der Waals surface area contributed by atoms with E-state index in [1.807, 2.05) is 0 Å². The van der Waals surface area contributed by atoms with Gasteiger partial charge in [0.1, 0.15) is 0 Å². The smallest absolute Gasteiger partial charge is 0.396 e. The van der Waals surface area contributed by atoms with Gasteiger partial charge in [-0.05, 0) is 42.2 Å². The van der Waals surface area contributed by atoms with Gasteiger partial charge in [-0.1, -0.05) is 0 Å². The molecule has 1 N–H and O–H groups in total. The van der Waals surface area contributed by atoms with Gasteiger partial charge in [0, 0.05) is 4.88 Å². The van der Waals surface area contributed by atoms with E-state index in [0.29, 0.717) is 6.42 Å². The number of rotatable bonds is 3. The molecule has 0 amide bonds. The molecule has 1 atom stereocenters. The van der Waals surface area contributed by atoms with Crippen LogP contribution < -0.4 is 0 Å². The predicted octanol–water partition coefficient (Wildman–Crippen LogP) is 3.75. The lowest BCUT2D eigenvalue weighted by atomic mass is 9.88. The number of aliphatic carboxylic acids is 1. The number of carboxylic acid groups (broad SMARTS) is 1. The molecular weight excluding hydrogens is 265 g/mol. The topological polar surface area (TPSA) is 37.3 Å². The maximum atomic E-state index is 13.0. The summed E-state index contributed by atoms with van der Waals surface area (Å²) >= 11 is 1.33. The van der Waals surface area contributed by atoms with Crippen molar-refractivity contribution in [1.82, 2.24) is 0 Å². The number of hydrogen-bond donors (Lipinski definition) is 1. The van der Waals surface area contributed by atoms with E-state index >= 15 is 0 Å². The average molecular weight is 278 g/mol. The second-order valence-electron chi connectivity index (χ2n) is 4.49. The van der Waals surface area contributed by atoms with Crippen LogP contribution >= 0.6 is 11.3 Å². The second kappa shape index (κ2) is 4.91. The first-order chi connectivity index (χ1) is 8.39. The highest BCUT2D eigenvalue weighted by Gasteiger charge is 2.43. The number of alkyl halides is 3. The van der Waals surface area contributed by atoms with Crippen LogP contribution in [0.4, 0.5) is 13.2 Å². The summed E-state index contributed by atoms with van der Waals surface area (Å²) in [6.07, 6.45) is -2.04. The largest absolute Gasteiger partial charge is 0.481 e. The summed E-state index contributed by atoms with van der Waals surface area (Å²) in [6.45, 7) is 0. The zero-order valence-corrected chi connectivity index (χ0v) is 10.4. The quantitative estimate of drug-likeness (QED) is 0.914. The summed E-state index contributed by atoms with van der Waals surface area (Å²) in [4.78, 5) is 11.6. The van der Waals surface area contributed by atoms with Gasteiger partial charge in [-0.3, -0.25) is 4.79 Å². The molecule has 100 valence electrons. The summed E-state index contributed by atoms with van der Waals surface area (Å²) < 4.78 is 38.9. The molecule has 0 aromatic carbocycles. The van der Waals surface area contributed by atoms with Crippen molar-refractivity contribution in [3.05, 3.63) is 21.4 Å². The van der Waals surface area contributed by atoms with Crippen LogP contribution in [0.3, 0.4) is 0 Å². The van der Waals surface area contributed by atoms with E-state index in [1.165, 1.54) is 16.7 Å². The zero-order valence-electron chi connectivity index (χ0n) is 9.59. The highest BCUT2D eigenvalue weighted by molar-refractivity contribution is 7.10. The molecular formula is C12H13F3O2S. The molecule has 1 aromatic rings. The van der Waals surface area contributed by atoms with Gasteiger partial charge in [0.2, 0.25) is 0 Å². The van der Waals surface area contributed by atoms with E-state index in [1.54, 1.807) is 0 Å². The first kappa shape index (κ1) is 13.4. The fourth-order valence-electron chi connectivity index (χ4n) is 2.39. The average Bonchev–Trinajstić information content (AvgIpc) is 2.67. The van der Waals surface area contributed by atoms with E-state index in [2.05, 4.69) is 0 Å². The van der Waals surface area contributed by atoms with Gasteiger partial charge in [-0.2, -0.15) is 13.2 Å². The van der Waals surface area contributed by atoms with Gasteiger partial charge in [0.15, 0.2) is 0 Å². The van der Waals surface area contributed by atoms with Crippen LogP contribution in [-0.4, -0.2) is 17.3 Å². The van der Waals surface area contributed by atoms with Crippen LogP contribution in [0.2, 0.25) is 0 Å². The molecule has 2 nitrogen and oxygen atoms in total. The number of carboxylic acids is 1. The highest BCUT2D eigenvalue weighted by atomic mass is 32.1. The monoisotopic (exact) mass is 278 g/mol. The lowest BCUT2D eigenvalue weighted by Gasteiger charge is -2.21. The van der Waals surface area contributed by atoms with E-state index in [4.69, 9.17) is 5.11 Å². The van der Waals surface area contributed by atoms with Crippen molar-refractivity contribution in [2.24, 2.45) is 0 Å². The van der Waals surface area contributed by atoms with Gasteiger partial charge in [0.25, 0.3) is 0 Å². The molecule has 0 saturated heterocycles. The second-order valence-corrected chi connectivity index (χ2v) is 5.46. The van der Waals surface area contributed by atoms with Crippen LogP contribution in [-0.2, 0) is 17.6 Å². The molecule has 6 heteroatoms. The fourth-order valence-corrected chi connectivity index (χ4v) is 3.59. The van der Waals surface area contributed by atoms with Gasteiger partial charge in [-0.25, -0.2) is 0 Å². The summed E-state index contributed by atoms with van der Waals surface area (Å²) in [6, 6.07) is 0. The number of halogens is 3. The molecule has 0 aliphatic heterocycles. The summed E-state index contributed by atoms with van der Waals surface area (Å²) in [5, 5.41) is 10.2. The standard InChI is InChI=1S/C12H13F3O2S/c13-12(14,15)9(5-11(16)17)8-6-18-10-4-2-1-3-7(8)10/h6,9H,1-5H2,(H,16,17). The van der Waals surface area contributed by atoms with Crippen molar-refractivity contribution in [1.29, 1.82) is 0 Å². The lowest BCUT2D eigenvalue weighted by molar-refractivity contribution is -0.163. The Balaban J connectivity index is 2.36. The molecule has 18 heavy (non-hydrogen) atoms. The van der Waals surface area contributed by atoms with Crippen LogP contribution in [0.25, 0.3) is 0 Å². The lowest BCUT2D eigenvalue weighted by Crippen LogP contribution is -2.24. The third-order valence-electron chi connectivity index (χ3n) is 3.24. The van der Waals surface area contributed by atoms with E-state index < -0.39 is 24.5 Å². The minimum Gasteiger partial charge on any atom is -0.481 e.